The monoisotopic (exact) mass is 430 g/mol. The van der Waals surface area contributed by atoms with E-state index >= 15 is 0 Å². The van der Waals surface area contributed by atoms with Crippen LogP contribution in [0.5, 0.6) is 0 Å². The van der Waals surface area contributed by atoms with Gasteiger partial charge in [0.2, 0.25) is 0 Å². The van der Waals surface area contributed by atoms with Crippen LogP contribution < -0.4 is 0 Å². The maximum atomic E-state index is 12.3. The van der Waals surface area contributed by atoms with E-state index < -0.39 is 0 Å². The van der Waals surface area contributed by atoms with Gasteiger partial charge in [0.05, 0.1) is 24.3 Å². The fourth-order valence-electron chi connectivity index (χ4n) is 2.87. The van der Waals surface area contributed by atoms with Crippen molar-refractivity contribution in [2.75, 3.05) is 26.4 Å². The average molecular weight is 431 g/mol. The van der Waals surface area contributed by atoms with Gasteiger partial charge in [-0.2, -0.15) is 0 Å². The predicted octanol–water partition coefficient (Wildman–Crippen LogP) is 4.26. The molecule has 2 aromatic rings. The molecule has 2 rings (SSSR count). The third kappa shape index (κ3) is 9.77. The molecule has 0 radical (unpaired) electrons. The SMILES string of the molecule is CCCCC(CC)(COC(=O)c1ccccc1)COC(=O)c1ccccc1.OCCO. The molecule has 0 unspecified atom stereocenters. The molecule has 0 aliphatic heterocycles. The Morgan fingerprint density at radius 2 is 1.19 bits per heavy atom. The molecule has 0 atom stereocenters. The number of esters is 2. The summed E-state index contributed by atoms with van der Waals surface area (Å²) in [5, 5.41) is 15.2. The van der Waals surface area contributed by atoms with Crippen LogP contribution in [-0.2, 0) is 9.47 Å². The molecule has 0 amide bonds. The molecule has 0 spiro atoms. The van der Waals surface area contributed by atoms with Crippen LogP contribution in [0.1, 0.15) is 60.2 Å². The minimum Gasteiger partial charge on any atom is -0.461 e. The van der Waals surface area contributed by atoms with E-state index in [4.69, 9.17) is 19.7 Å². The Morgan fingerprint density at radius 3 is 1.52 bits per heavy atom. The lowest BCUT2D eigenvalue weighted by molar-refractivity contribution is -0.0111. The first-order chi connectivity index (χ1) is 15.0. The summed E-state index contributed by atoms with van der Waals surface area (Å²) in [5.74, 6) is -0.696. The molecule has 0 bridgehead atoms. The molecule has 170 valence electrons. The zero-order valence-corrected chi connectivity index (χ0v) is 18.5. The number of unbranched alkanes of at least 4 members (excludes halogenated alkanes) is 1. The first kappa shape index (κ1) is 26.3. The first-order valence-corrected chi connectivity index (χ1v) is 10.7. The van der Waals surface area contributed by atoms with Crippen LogP contribution in [0.2, 0.25) is 0 Å². The lowest BCUT2D eigenvalue weighted by atomic mass is 9.81. The van der Waals surface area contributed by atoms with Crippen molar-refractivity contribution in [2.45, 2.75) is 39.5 Å². The van der Waals surface area contributed by atoms with Crippen molar-refractivity contribution < 1.29 is 29.3 Å². The van der Waals surface area contributed by atoms with Crippen molar-refractivity contribution in [2.24, 2.45) is 5.41 Å². The molecule has 0 aliphatic carbocycles. The van der Waals surface area contributed by atoms with Crippen LogP contribution in [-0.4, -0.2) is 48.6 Å². The zero-order valence-electron chi connectivity index (χ0n) is 18.5. The number of aliphatic hydroxyl groups excluding tert-OH is 2. The maximum absolute atomic E-state index is 12.3. The molecule has 2 N–H and O–H groups in total. The van der Waals surface area contributed by atoms with Crippen molar-refractivity contribution in [1.29, 1.82) is 0 Å². The molecular formula is C25H34O6. The standard InChI is InChI=1S/C23H28O4.C2H6O2/c1-3-5-16-23(4-2,17-26-21(24)19-12-8-6-9-13-19)18-27-22(25)20-14-10-7-11-15-20;3-1-2-4/h6-15H,3-5,16-18H2,1-2H3;3-4H,1-2H2. The highest BCUT2D eigenvalue weighted by molar-refractivity contribution is 5.89. The molecule has 0 heterocycles. The summed E-state index contributed by atoms with van der Waals surface area (Å²) in [4.78, 5) is 24.6. The molecule has 0 saturated heterocycles. The lowest BCUT2D eigenvalue weighted by Crippen LogP contribution is -2.34. The summed E-state index contributed by atoms with van der Waals surface area (Å²) in [5.41, 5.74) is 0.684. The van der Waals surface area contributed by atoms with E-state index in [0.29, 0.717) is 11.1 Å². The third-order valence-electron chi connectivity index (χ3n) is 4.95. The number of hydrogen-bond donors (Lipinski definition) is 2. The second-order valence-corrected chi connectivity index (χ2v) is 7.29. The van der Waals surface area contributed by atoms with Gasteiger partial charge in [-0.25, -0.2) is 9.59 Å². The minimum atomic E-state index is -0.370. The van der Waals surface area contributed by atoms with Gasteiger partial charge in [-0.3, -0.25) is 0 Å². The summed E-state index contributed by atoms with van der Waals surface area (Å²) in [7, 11) is 0. The average Bonchev–Trinajstić information content (AvgIpc) is 2.84. The third-order valence-corrected chi connectivity index (χ3v) is 4.95. The van der Waals surface area contributed by atoms with E-state index in [1.54, 1.807) is 24.3 Å². The van der Waals surface area contributed by atoms with Crippen LogP contribution >= 0.6 is 0 Å². The topological polar surface area (TPSA) is 93.1 Å². The van der Waals surface area contributed by atoms with Crippen molar-refractivity contribution >= 4 is 11.9 Å². The molecular weight excluding hydrogens is 396 g/mol. The Morgan fingerprint density at radius 1 is 0.774 bits per heavy atom. The fourth-order valence-corrected chi connectivity index (χ4v) is 2.87. The van der Waals surface area contributed by atoms with Gasteiger partial charge in [0.15, 0.2) is 0 Å². The number of aliphatic hydroxyl groups is 2. The molecule has 2 aromatic carbocycles. The largest absolute Gasteiger partial charge is 0.461 e. The normalized spacial score (nSPS) is 10.6. The predicted molar refractivity (Wildman–Crippen MR) is 120 cm³/mol. The van der Waals surface area contributed by atoms with Gasteiger partial charge in [0.25, 0.3) is 0 Å². The second-order valence-electron chi connectivity index (χ2n) is 7.29. The van der Waals surface area contributed by atoms with Crippen molar-refractivity contribution in [1.82, 2.24) is 0 Å². The molecule has 0 fully saturated rings. The Labute approximate surface area is 184 Å². The molecule has 0 aromatic heterocycles. The van der Waals surface area contributed by atoms with Gasteiger partial charge in [0, 0.05) is 5.41 Å². The van der Waals surface area contributed by atoms with E-state index in [1.165, 1.54) is 0 Å². The van der Waals surface area contributed by atoms with Crippen LogP contribution in [0.25, 0.3) is 0 Å². The quantitative estimate of drug-likeness (QED) is 0.518. The summed E-state index contributed by atoms with van der Waals surface area (Å²) in [6.07, 6.45) is 3.61. The van der Waals surface area contributed by atoms with Crippen LogP contribution in [0, 0.1) is 5.41 Å². The molecule has 31 heavy (non-hydrogen) atoms. The van der Waals surface area contributed by atoms with Gasteiger partial charge in [-0.15, -0.1) is 0 Å². The summed E-state index contributed by atoms with van der Waals surface area (Å²) in [6.45, 7) is 4.38. The smallest absolute Gasteiger partial charge is 0.338 e. The number of rotatable bonds is 11. The van der Waals surface area contributed by atoms with E-state index in [-0.39, 0.29) is 43.8 Å². The maximum Gasteiger partial charge on any atom is 0.338 e. The van der Waals surface area contributed by atoms with E-state index in [9.17, 15) is 9.59 Å². The molecule has 6 heteroatoms. The van der Waals surface area contributed by atoms with E-state index in [0.717, 1.165) is 25.7 Å². The second kappa shape index (κ2) is 15.2. The van der Waals surface area contributed by atoms with E-state index in [2.05, 4.69) is 6.92 Å². The molecule has 6 nitrogen and oxygen atoms in total. The highest BCUT2D eigenvalue weighted by Gasteiger charge is 2.32. The van der Waals surface area contributed by atoms with Crippen molar-refractivity contribution in [3.05, 3.63) is 71.8 Å². The Hall–Kier alpha value is -2.70. The fraction of sp³-hybridized carbons (Fsp3) is 0.440. The van der Waals surface area contributed by atoms with Gasteiger partial charge >= 0.3 is 11.9 Å². The highest BCUT2D eigenvalue weighted by atomic mass is 16.5. The van der Waals surface area contributed by atoms with Gasteiger partial charge in [-0.05, 0) is 37.1 Å². The van der Waals surface area contributed by atoms with Gasteiger partial charge in [0.1, 0.15) is 13.2 Å². The highest BCUT2D eigenvalue weighted by Crippen LogP contribution is 2.30. The number of hydrogen-bond acceptors (Lipinski definition) is 6. The van der Waals surface area contributed by atoms with Crippen LogP contribution in [0.3, 0.4) is 0 Å². The van der Waals surface area contributed by atoms with Crippen molar-refractivity contribution in [3.8, 4) is 0 Å². The van der Waals surface area contributed by atoms with E-state index in [1.807, 2.05) is 43.3 Å². The summed E-state index contributed by atoms with van der Waals surface area (Å²) >= 11 is 0. The first-order valence-electron chi connectivity index (χ1n) is 10.7. The van der Waals surface area contributed by atoms with Crippen LogP contribution in [0.4, 0.5) is 0 Å². The summed E-state index contributed by atoms with van der Waals surface area (Å²) in [6, 6.07) is 17.9. The Kier molecular flexibility index (Phi) is 12.9. The van der Waals surface area contributed by atoms with Crippen LogP contribution in [0.15, 0.2) is 60.7 Å². The lowest BCUT2D eigenvalue weighted by Gasteiger charge is -2.31. The number of carbonyl (C=O) groups excluding carboxylic acids is 2. The zero-order chi connectivity index (χ0) is 23.0. The number of carbonyl (C=O) groups is 2. The van der Waals surface area contributed by atoms with Gasteiger partial charge in [-0.1, -0.05) is 63.1 Å². The summed E-state index contributed by atoms with van der Waals surface area (Å²) < 4.78 is 11.2. The Balaban J connectivity index is 0.00000110. The molecule has 0 saturated carbocycles. The molecule has 0 aliphatic rings. The number of ether oxygens (including phenoxy) is 2. The Bertz CT molecular complexity index is 688. The number of benzene rings is 2. The van der Waals surface area contributed by atoms with Gasteiger partial charge < -0.3 is 19.7 Å². The minimum absolute atomic E-state index is 0.125. The van der Waals surface area contributed by atoms with Crippen molar-refractivity contribution in [3.63, 3.8) is 0 Å².